The number of ketones is 1. The Morgan fingerprint density at radius 3 is 2.26 bits per heavy atom. The molecule has 0 radical (unpaired) electrons. The second kappa shape index (κ2) is 8.98. The summed E-state index contributed by atoms with van der Waals surface area (Å²) in [7, 11) is 1.68. The number of ether oxygens (including phenoxy) is 1. The van der Waals surface area contributed by atoms with Crippen molar-refractivity contribution in [1.82, 2.24) is 0 Å². The summed E-state index contributed by atoms with van der Waals surface area (Å²) in [6.45, 7) is 4.22. The van der Waals surface area contributed by atoms with Gasteiger partial charge in [0.1, 0.15) is 11.8 Å². The van der Waals surface area contributed by atoms with Crippen molar-refractivity contribution in [2.24, 2.45) is 10.9 Å². The van der Waals surface area contributed by atoms with Crippen LogP contribution in [0.25, 0.3) is 0 Å². The van der Waals surface area contributed by atoms with E-state index in [2.05, 4.69) is 50.2 Å². The number of benzene rings is 2. The van der Waals surface area contributed by atoms with Crippen molar-refractivity contribution in [2.75, 3.05) is 7.11 Å². The van der Waals surface area contributed by atoms with E-state index in [1.54, 1.807) is 7.11 Å². The largest absolute Gasteiger partial charge is 0.497 e. The lowest BCUT2D eigenvalue weighted by atomic mass is 9.89. The number of rotatable bonds is 8. The third-order valence-corrected chi connectivity index (χ3v) is 5.35. The molecule has 0 N–H and O–H groups in total. The number of aryl methyl sites for hydroxylation is 2. The fraction of sp³-hybridized carbons (Fsp3) is 0.417. The Hall–Kier alpha value is -2.42. The zero-order valence-electron chi connectivity index (χ0n) is 16.6. The normalized spacial score (nSPS) is 19.2. The van der Waals surface area contributed by atoms with E-state index in [-0.39, 0.29) is 12.0 Å². The summed E-state index contributed by atoms with van der Waals surface area (Å²) >= 11 is 0. The molecule has 2 unspecified atom stereocenters. The second-order valence-corrected chi connectivity index (χ2v) is 7.42. The summed E-state index contributed by atoms with van der Waals surface area (Å²) in [4.78, 5) is 17.8. The maximum Gasteiger partial charge on any atom is 0.166 e. The first kappa shape index (κ1) is 19.3. The molecule has 0 saturated heterocycles. The lowest BCUT2D eigenvalue weighted by molar-refractivity contribution is -0.121. The number of nitrogens with zero attached hydrogens (tertiary/aromatic N) is 1. The SMILES string of the molecule is CCCC1C(=O)C(Cc2ccc(C)cc2)N=C1CCc1ccc(OC)cc1. The van der Waals surface area contributed by atoms with Gasteiger partial charge in [0.05, 0.1) is 13.0 Å². The molecule has 3 nitrogen and oxygen atoms in total. The Bertz CT molecular complexity index is 790. The van der Waals surface area contributed by atoms with Gasteiger partial charge in [-0.3, -0.25) is 9.79 Å². The summed E-state index contributed by atoms with van der Waals surface area (Å²) in [5.74, 6) is 1.18. The van der Waals surface area contributed by atoms with Gasteiger partial charge in [-0.1, -0.05) is 55.3 Å². The number of Topliss-reactive ketones (excluding diaryl/α,β-unsaturated/α-hetero) is 1. The highest BCUT2D eigenvalue weighted by Gasteiger charge is 2.35. The average molecular weight is 364 g/mol. The Morgan fingerprint density at radius 1 is 0.963 bits per heavy atom. The summed E-state index contributed by atoms with van der Waals surface area (Å²) in [5, 5.41) is 0. The molecule has 0 spiro atoms. The second-order valence-electron chi connectivity index (χ2n) is 7.42. The minimum absolute atomic E-state index is 0.00342. The van der Waals surface area contributed by atoms with Gasteiger partial charge < -0.3 is 4.74 Å². The van der Waals surface area contributed by atoms with Crippen molar-refractivity contribution in [3.63, 3.8) is 0 Å². The van der Waals surface area contributed by atoms with Crippen LogP contribution in [0.15, 0.2) is 53.5 Å². The van der Waals surface area contributed by atoms with Gasteiger partial charge in [-0.2, -0.15) is 0 Å². The van der Waals surface area contributed by atoms with E-state index in [9.17, 15) is 4.79 Å². The summed E-state index contributed by atoms with van der Waals surface area (Å²) < 4.78 is 5.22. The maximum atomic E-state index is 12.9. The number of carbonyl (C=O) groups excluding carboxylic acids is 1. The fourth-order valence-corrected chi connectivity index (χ4v) is 3.74. The van der Waals surface area contributed by atoms with E-state index in [0.29, 0.717) is 12.2 Å². The topological polar surface area (TPSA) is 38.7 Å². The highest BCUT2D eigenvalue weighted by atomic mass is 16.5. The first-order chi connectivity index (χ1) is 13.1. The molecule has 0 saturated carbocycles. The lowest BCUT2D eigenvalue weighted by Gasteiger charge is -2.12. The van der Waals surface area contributed by atoms with Gasteiger partial charge in [-0.25, -0.2) is 0 Å². The van der Waals surface area contributed by atoms with Crippen molar-refractivity contribution in [1.29, 1.82) is 0 Å². The van der Waals surface area contributed by atoms with E-state index >= 15 is 0 Å². The van der Waals surface area contributed by atoms with Crippen LogP contribution in [0.3, 0.4) is 0 Å². The summed E-state index contributed by atoms with van der Waals surface area (Å²) in [5.41, 5.74) is 4.77. The third-order valence-electron chi connectivity index (χ3n) is 5.35. The molecule has 3 rings (SSSR count). The first-order valence-electron chi connectivity index (χ1n) is 9.89. The third kappa shape index (κ3) is 4.85. The van der Waals surface area contributed by atoms with Gasteiger partial charge >= 0.3 is 0 Å². The predicted octanol–water partition coefficient (Wildman–Crippen LogP) is 4.99. The van der Waals surface area contributed by atoms with Crippen LogP contribution in [-0.2, 0) is 17.6 Å². The predicted molar refractivity (Wildman–Crippen MR) is 111 cm³/mol. The molecule has 27 heavy (non-hydrogen) atoms. The molecule has 1 heterocycles. The van der Waals surface area contributed by atoms with Gasteiger partial charge in [0.15, 0.2) is 5.78 Å². The number of carbonyl (C=O) groups is 1. The van der Waals surface area contributed by atoms with E-state index in [1.807, 2.05) is 12.1 Å². The Kier molecular flexibility index (Phi) is 6.44. The molecule has 1 aliphatic rings. The fourth-order valence-electron chi connectivity index (χ4n) is 3.74. The van der Waals surface area contributed by atoms with Crippen LogP contribution in [0, 0.1) is 12.8 Å². The standard InChI is InChI=1S/C24H29NO2/c1-4-5-21-22(15-12-18-10-13-20(27-3)14-11-18)25-23(24(21)26)16-19-8-6-17(2)7-9-19/h6-11,13-14,21,23H,4-5,12,15-16H2,1-3H3. The van der Waals surface area contributed by atoms with E-state index in [4.69, 9.17) is 9.73 Å². The molecule has 142 valence electrons. The van der Waals surface area contributed by atoms with Crippen LogP contribution < -0.4 is 4.74 Å². The lowest BCUT2D eigenvalue weighted by Crippen LogP contribution is -2.25. The van der Waals surface area contributed by atoms with Crippen LogP contribution >= 0.6 is 0 Å². The minimum Gasteiger partial charge on any atom is -0.497 e. The number of hydrogen-bond donors (Lipinski definition) is 0. The van der Waals surface area contributed by atoms with Crippen LogP contribution in [0.2, 0.25) is 0 Å². The van der Waals surface area contributed by atoms with Gasteiger partial charge in [0, 0.05) is 12.1 Å². The molecule has 1 aliphatic heterocycles. The van der Waals surface area contributed by atoms with Crippen LogP contribution in [0.1, 0.15) is 42.9 Å². The molecule has 2 aromatic rings. The zero-order valence-corrected chi connectivity index (χ0v) is 16.6. The van der Waals surface area contributed by atoms with Crippen molar-refractivity contribution >= 4 is 11.5 Å². The van der Waals surface area contributed by atoms with Gasteiger partial charge in [0.25, 0.3) is 0 Å². The molecular formula is C24H29NO2. The first-order valence-corrected chi connectivity index (χ1v) is 9.89. The molecule has 2 atom stereocenters. The molecule has 0 bridgehead atoms. The highest BCUT2D eigenvalue weighted by molar-refractivity contribution is 6.12. The van der Waals surface area contributed by atoms with Crippen LogP contribution in [-0.4, -0.2) is 24.6 Å². The minimum atomic E-state index is -0.213. The molecule has 3 heteroatoms. The maximum absolute atomic E-state index is 12.9. The van der Waals surface area contributed by atoms with Crippen molar-refractivity contribution in [2.45, 2.75) is 52.0 Å². The number of aliphatic imine (C=N–C) groups is 1. The molecule has 0 fully saturated rings. The Labute approximate surface area is 162 Å². The number of hydrogen-bond acceptors (Lipinski definition) is 3. The van der Waals surface area contributed by atoms with Gasteiger partial charge in [0.2, 0.25) is 0 Å². The van der Waals surface area contributed by atoms with Crippen molar-refractivity contribution < 1.29 is 9.53 Å². The number of methoxy groups -OCH3 is 1. The van der Waals surface area contributed by atoms with Crippen molar-refractivity contribution in [3.05, 3.63) is 65.2 Å². The quantitative estimate of drug-likeness (QED) is 0.663. The van der Waals surface area contributed by atoms with Crippen LogP contribution in [0.5, 0.6) is 5.75 Å². The smallest absolute Gasteiger partial charge is 0.166 e. The summed E-state index contributed by atoms with van der Waals surface area (Å²) in [6, 6.07) is 16.4. The highest BCUT2D eigenvalue weighted by Crippen LogP contribution is 2.26. The summed E-state index contributed by atoms with van der Waals surface area (Å²) in [6.07, 6.45) is 4.39. The molecule has 0 aliphatic carbocycles. The van der Waals surface area contributed by atoms with E-state index < -0.39 is 0 Å². The Morgan fingerprint density at radius 2 is 1.63 bits per heavy atom. The van der Waals surface area contributed by atoms with Gasteiger partial charge in [-0.05, 0) is 49.4 Å². The van der Waals surface area contributed by atoms with E-state index in [0.717, 1.165) is 37.1 Å². The molecular weight excluding hydrogens is 334 g/mol. The average Bonchev–Trinajstić information content (AvgIpc) is 2.98. The van der Waals surface area contributed by atoms with Crippen molar-refractivity contribution in [3.8, 4) is 5.75 Å². The molecule has 0 amide bonds. The van der Waals surface area contributed by atoms with Crippen LogP contribution in [0.4, 0.5) is 0 Å². The Balaban J connectivity index is 1.69. The van der Waals surface area contributed by atoms with E-state index in [1.165, 1.54) is 16.7 Å². The molecule has 2 aromatic carbocycles. The van der Waals surface area contributed by atoms with Gasteiger partial charge in [-0.15, -0.1) is 0 Å². The zero-order chi connectivity index (χ0) is 19.2. The molecule has 0 aromatic heterocycles. The monoisotopic (exact) mass is 363 g/mol.